The molecule has 3 aliphatic heterocycles. The van der Waals surface area contributed by atoms with Crippen molar-refractivity contribution in [3.8, 4) is 0 Å². The lowest BCUT2D eigenvalue weighted by atomic mass is 10.0. The standard InChI is InChI=1S/C27H40F4N4OSi/c1-34-7-5-22(6-8-34)32-14-19-11-20-16-35(17-21(20)12-25(19)28)26-15-33-23(13-24(26)27(29,30)31)18-36-9-10-37(2,3)4/h11-12,15,22-23,32H,5-10,13-14,16-18H2,1-4H3. The number of nitrogens with zero attached hydrogens (tertiary/aromatic N) is 3. The van der Waals surface area contributed by atoms with Crippen LogP contribution in [-0.4, -0.2) is 75.7 Å². The summed E-state index contributed by atoms with van der Waals surface area (Å²) in [6.07, 6.45) is -1.26. The van der Waals surface area contributed by atoms with Crippen molar-refractivity contribution in [2.24, 2.45) is 4.99 Å². The van der Waals surface area contributed by atoms with Gasteiger partial charge in [0.05, 0.1) is 23.9 Å². The van der Waals surface area contributed by atoms with Crippen LogP contribution >= 0.6 is 0 Å². The first-order chi connectivity index (χ1) is 17.4. The van der Waals surface area contributed by atoms with Crippen molar-refractivity contribution >= 4 is 14.3 Å². The van der Waals surface area contributed by atoms with Gasteiger partial charge in [0.2, 0.25) is 0 Å². The van der Waals surface area contributed by atoms with Gasteiger partial charge in [0.25, 0.3) is 0 Å². The molecular weight excluding hydrogens is 500 g/mol. The zero-order valence-corrected chi connectivity index (χ0v) is 23.4. The highest BCUT2D eigenvalue weighted by Crippen LogP contribution is 2.38. The fourth-order valence-corrected chi connectivity index (χ4v) is 5.88. The van der Waals surface area contributed by atoms with Crippen molar-refractivity contribution in [1.82, 2.24) is 15.1 Å². The van der Waals surface area contributed by atoms with Crippen molar-refractivity contribution in [3.05, 3.63) is 45.9 Å². The number of piperidine rings is 1. The molecule has 0 saturated carbocycles. The molecule has 1 atom stereocenters. The highest BCUT2D eigenvalue weighted by atomic mass is 28.3. The molecule has 206 valence electrons. The van der Waals surface area contributed by atoms with Gasteiger partial charge in [0.15, 0.2) is 0 Å². The monoisotopic (exact) mass is 540 g/mol. The Morgan fingerprint density at radius 1 is 1.11 bits per heavy atom. The van der Waals surface area contributed by atoms with Gasteiger partial charge in [-0.2, -0.15) is 13.2 Å². The minimum absolute atomic E-state index is 0.0912. The van der Waals surface area contributed by atoms with Crippen LogP contribution in [0.15, 0.2) is 28.4 Å². The van der Waals surface area contributed by atoms with Crippen molar-refractivity contribution in [3.63, 3.8) is 0 Å². The van der Waals surface area contributed by atoms with Crippen molar-refractivity contribution in [2.45, 2.75) is 82.8 Å². The molecule has 4 rings (SSSR count). The molecule has 0 radical (unpaired) electrons. The quantitative estimate of drug-likeness (QED) is 0.261. The lowest BCUT2D eigenvalue weighted by Crippen LogP contribution is -2.40. The number of halogens is 4. The predicted molar refractivity (Wildman–Crippen MR) is 142 cm³/mol. The van der Waals surface area contributed by atoms with Gasteiger partial charge in [0.1, 0.15) is 5.82 Å². The number of fused-ring (bicyclic) bond motifs is 1. The fraction of sp³-hybridized carbons (Fsp3) is 0.667. The summed E-state index contributed by atoms with van der Waals surface area (Å²) in [4.78, 5) is 8.37. The van der Waals surface area contributed by atoms with Crippen LogP contribution in [0.25, 0.3) is 0 Å². The molecule has 1 unspecified atom stereocenters. The average molecular weight is 541 g/mol. The van der Waals surface area contributed by atoms with Gasteiger partial charge in [0, 0.05) is 58.6 Å². The molecule has 1 aromatic rings. The van der Waals surface area contributed by atoms with Crippen LogP contribution in [0.3, 0.4) is 0 Å². The first-order valence-electron chi connectivity index (χ1n) is 13.3. The molecule has 1 aromatic carbocycles. The van der Waals surface area contributed by atoms with E-state index in [4.69, 9.17) is 4.74 Å². The Morgan fingerprint density at radius 3 is 2.43 bits per heavy atom. The van der Waals surface area contributed by atoms with E-state index in [0.717, 1.165) is 43.1 Å². The Kier molecular flexibility index (Phi) is 8.82. The summed E-state index contributed by atoms with van der Waals surface area (Å²) in [5.74, 6) is -0.307. The SMILES string of the molecule is CN1CCC(NCc2cc3c(cc2F)CN(C2=C(C(F)(F)F)CC(COCC[Si](C)(C)C)N=C2)C3)CC1. The largest absolute Gasteiger partial charge is 0.414 e. The summed E-state index contributed by atoms with van der Waals surface area (Å²) < 4.78 is 62.8. The summed E-state index contributed by atoms with van der Waals surface area (Å²) in [5, 5.41) is 3.46. The molecule has 3 heterocycles. The van der Waals surface area contributed by atoms with Gasteiger partial charge >= 0.3 is 6.18 Å². The predicted octanol–water partition coefficient (Wildman–Crippen LogP) is 5.34. The van der Waals surface area contributed by atoms with E-state index in [1.54, 1.807) is 4.90 Å². The lowest BCUT2D eigenvalue weighted by Gasteiger charge is -2.29. The normalized spacial score (nSPS) is 21.7. The van der Waals surface area contributed by atoms with E-state index in [0.29, 0.717) is 31.3 Å². The second-order valence-electron chi connectivity index (χ2n) is 11.9. The van der Waals surface area contributed by atoms with Crippen LogP contribution < -0.4 is 5.32 Å². The Labute approximate surface area is 219 Å². The van der Waals surface area contributed by atoms with Gasteiger partial charge in [-0.3, -0.25) is 4.99 Å². The van der Waals surface area contributed by atoms with Gasteiger partial charge in [-0.1, -0.05) is 19.6 Å². The van der Waals surface area contributed by atoms with Gasteiger partial charge in [-0.25, -0.2) is 4.39 Å². The zero-order valence-electron chi connectivity index (χ0n) is 22.4. The number of allylic oxidation sites excluding steroid dienone is 1. The van der Waals surface area contributed by atoms with Crippen LogP contribution in [0, 0.1) is 5.82 Å². The minimum Gasteiger partial charge on any atom is -0.380 e. The Bertz CT molecular complexity index is 1010. The van der Waals surface area contributed by atoms with Crippen molar-refractivity contribution < 1.29 is 22.3 Å². The number of nitrogens with one attached hydrogen (secondary N) is 1. The number of likely N-dealkylation sites (tertiary alicyclic amines) is 1. The van der Waals surface area contributed by atoms with E-state index in [9.17, 15) is 17.6 Å². The topological polar surface area (TPSA) is 40.1 Å². The van der Waals surface area contributed by atoms with E-state index < -0.39 is 25.9 Å². The molecule has 5 nitrogen and oxygen atoms in total. The lowest BCUT2D eigenvalue weighted by molar-refractivity contribution is -0.0970. The number of aliphatic imine (C=N–C) groups is 1. The minimum atomic E-state index is -4.46. The molecule has 10 heteroatoms. The third-order valence-electron chi connectivity index (χ3n) is 7.54. The molecule has 0 spiro atoms. The molecular formula is C27H40F4N4OSi. The van der Waals surface area contributed by atoms with E-state index >= 15 is 0 Å². The van der Waals surface area contributed by atoms with Crippen LogP contribution in [-0.2, 0) is 24.4 Å². The second-order valence-corrected chi connectivity index (χ2v) is 17.5. The summed E-state index contributed by atoms with van der Waals surface area (Å²) >= 11 is 0. The highest BCUT2D eigenvalue weighted by molar-refractivity contribution is 6.76. The van der Waals surface area contributed by atoms with Crippen LogP contribution in [0.4, 0.5) is 17.6 Å². The first kappa shape index (κ1) is 28.3. The average Bonchev–Trinajstić information content (AvgIpc) is 3.22. The molecule has 1 N–H and O–H groups in total. The van der Waals surface area contributed by atoms with E-state index in [2.05, 4.69) is 41.9 Å². The number of hydrogen-bond acceptors (Lipinski definition) is 5. The zero-order chi connectivity index (χ0) is 26.8. The highest BCUT2D eigenvalue weighted by Gasteiger charge is 2.41. The van der Waals surface area contributed by atoms with Crippen molar-refractivity contribution in [1.29, 1.82) is 0 Å². The Morgan fingerprint density at radius 2 is 1.78 bits per heavy atom. The van der Waals surface area contributed by atoms with Gasteiger partial charge in [-0.15, -0.1) is 0 Å². The van der Waals surface area contributed by atoms with E-state index in [-0.39, 0.29) is 31.1 Å². The molecule has 37 heavy (non-hydrogen) atoms. The van der Waals surface area contributed by atoms with Crippen LogP contribution in [0.2, 0.25) is 25.7 Å². The maximum absolute atomic E-state index is 14.9. The number of hydrogen-bond donors (Lipinski definition) is 1. The number of ether oxygens (including phenoxy) is 1. The van der Waals surface area contributed by atoms with Gasteiger partial charge in [-0.05, 0) is 62.3 Å². The smallest absolute Gasteiger partial charge is 0.380 e. The first-order valence-corrected chi connectivity index (χ1v) is 17.0. The van der Waals surface area contributed by atoms with E-state index in [1.807, 2.05) is 6.07 Å². The van der Waals surface area contributed by atoms with Gasteiger partial charge < -0.3 is 19.9 Å². The van der Waals surface area contributed by atoms with Crippen molar-refractivity contribution in [2.75, 3.05) is 33.4 Å². The van der Waals surface area contributed by atoms with Crippen LogP contribution in [0.5, 0.6) is 0 Å². The summed E-state index contributed by atoms with van der Waals surface area (Å²) in [6, 6.07) is 4.08. The maximum Gasteiger partial charge on any atom is 0.414 e. The number of dihydropyridines is 1. The maximum atomic E-state index is 14.9. The molecule has 0 amide bonds. The molecule has 0 aromatic heterocycles. The molecule has 1 saturated heterocycles. The molecule has 1 fully saturated rings. The molecule has 0 aliphatic carbocycles. The van der Waals surface area contributed by atoms with Crippen LogP contribution in [0.1, 0.15) is 36.0 Å². The third kappa shape index (κ3) is 7.65. The molecule has 0 bridgehead atoms. The summed E-state index contributed by atoms with van der Waals surface area (Å²) in [5.41, 5.74) is 1.70. The van der Waals surface area contributed by atoms with E-state index in [1.165, 1.54) is 12.3 Å². The number of rotatable bonds is 9. The second kappa shape index (κ2) is 11.6. The number of benzene rings is 1. The fourth-order valence-electron chi connectivity index (χ4n) is 5.12. The number of alkyl halides is 3. The summed E-state index contributed by atoms with van der Waals surface area (Å²) in [6.45, 7) is 10.5. The Balaban J connectivity index is 1.40. The summed E-state index contributed by atoms with van der Waals surface area (Å²) in [7, 11) is 0.835. The third-order valence-corrected chi connectivity index (χ3v) is 9.24. The molecule has 3 aliphatic rings. The Hall–Kier alpha value is -1.75.